The molecular weight excluding hydrogens is 178 g/mol. The summed E-state index contributed by atoms with van der Waals surface area (Å²) in [6.45, 7) is 9.25. The van der Waals surface area contributed by atoms with Crippen LogP contribution in [0.3, 0.4) is 0 Å². The third-order valence-corrected chi connectivity index (χ3v) is 2.70. The molecule has 0 fully saturated rings. The molecule has 3 heteroatoms. The second-order valence-corrected chi connectivity index (χ2v) is 4.31. The molecule has 0 aliphatic carbocycles. The molecule has 0 aromatic rings. The van der Waals surface area contributed by atoms with E-state index in [1.165, 1.54) is 0 Å². The normalized spacial score (nSPS) is 15.9. The van der Waals surface area contributed by atoms with Crippen LogP contribution in [0.15, 0.2) is 0 Å². The van der Waals surface area contributed by atoms with Gasteiger partial charge in [0.15, 0.2) is 0 Å². The Morgan fingerprint density at radius 1 is 1.21 bits per heavy atom. The lowest BCUT2D eigenvalue weighted by Crippen LogP contribution is -2.39. The zero-order valence-electron chi connectivity index (χ0n) is 9.79. The monoisotopic (exact) mass is 203 g/mol. The summed E-state index contributed by atoms with van der Waals surface area (Å²) in [6, 6.07) is 0. The number of likely N-dealkylation sites (N-methyl/N-ethyl adjacent to an activating group) is 1. The molecule has 0 aliphatic heterocycles. The molecular formula is C11H25NO2. The second kappa shape index (κ2) is 7.21. The summed E-state index contributed by atoms with van der Waals surface area (Å²) < 4.78 is 0. The Balaban J connectivity index is 4.11. The summed E-state index contributed by atoms with van der Waals surface area (Å²) in [5, 5.41) is 18.2. The molecule has 0 spiro atoms. The van der Waals surface area contributed by atoms with Gasteiger partial charge in [0.25, 0.3) is 0 Å². The Morgan fingerprint density at radius 3 is 2.21 bits per heavy atom. The zero-order valence-corrected chi connectivity index (χ0v) is 9.79. The predicted molar refractivity (Wildman–Crippen MR) is 59.3 cm³/mol. The second-order valence-electron chi connectivity index (χ2n) is 4.31. The Hall–Kier alpha value is -0.120. The molecule has 0 radical (unpaired) electrons. The van der Waals surface area contributed by atoms with Crippen molar-refractivity contribution in [1.29, 1.82) is 0 Å². The van der Waals surface area contributed by atoms with Crippen molar-refractivity contribution in [3.8, 4) is 0 Å². The summed E-state index contributed by atoms with van der Waals surface area (Å²) in [5.41, 5.74) is -0.0140. The molecule has 0 rings (SSSR count). The van der Waals surface area contributed by atoms with Gasteiger partial charge in [0.2, 0.25) is 0 Å². The Bertz CT molecular complexity index is 141. The molecule has 0 heterocycles. The molecule has 0 amide bonds. The van der Waals surface area contributed by atoms with E-state index in [1.807, 2.05) is 0 Å². The summed E-state index contributed by atoms with van der Waals surface area (Å²) >= 11 is 0. The number of rotatable bonds is 8. The van der Waals surface area contributed by atoms with E-state index in [2.05, 4.69) is 25.7 Å². The van der Waals surface area contributed by atoms with Crippen LogP contribution in [0, 0.1) is 5.41 Å². The number of aliphatic hydroxyl groups is 2. The summed E-state index contributed by atoms with van der Waals surface area (Å²) in [4.78, 5) is 2.19. The van der Waals surface area contributed by atoms with Gasteiger partial charge in [-0.25, -0.2) is 0 Å². The van der Waals surface area contributed by atoms with Gasteiger partial charge in [-0.05, 0) is 13.0 Å². The lowest BCUT2D eigenvalue weighted by Gasteiger charge is -2.33. The fourth-order valence-electron chi connectivity index (χ4n) is 1.84. The number of hydrogen-bond acceptors (Lipinski definition) is 3. The maximum absolute atomic E-state index is 9.34. The van der Waals surface area contributed by atoms with Gasteiger partial charge < -0.3 is 15.1 Å². The van der Waals surface area contributed by atoms with Gasteiger partial charge in [0, 0.05) is 25.1 Å². The first-order valence-electron chi connectivity index (χ1n) is 5.56. The van der Waals surface area contributed by atoms with Crippen molar-refractivity contribution < 1.29 is 10.2 Å². The molecule has 1 unspecified atom stereocenters. The third kappa shape index (κ3) is 4.94. The Morgan fingerprint density at radius 2 is 1.86 bits per heavy atom. The number of hydrogen-bond donors (Lipinski definition) is 2. The first-order valence-corrected chi connectivity index (χ1v) is 5.56. The van der Waals surface area contributed by atoms with Gasteiger partial charge in [-0.1, -0.05) is 27.2 Å². The van der Waals surface area contributed by atoms with Crippen LogP contribution in [0.2, 0.25) is 0 Å². The first-order chi connectivity index (χ1) is 6.61. The first kappa shape index (κ1) is 13.9. The van der Waals surface area contributed by atoms with E-state index in [9.17, 15) is 5.11 Å². The molecule has 0 bridgehead atoms. The van der Waals surface area contributed by atoms with Crippen LogP contribution in [0.5, 0.6) is 0 Å². The fourth-order valence-corrected chi connectivity index (χ4v) is 1.84. The molecule has 0 aromatic heterocycles. The Kier molecular flexibility index (Phi) is 7.15. The highest BCUT2D eigenvalue weighted by molar-refractivity contribution is 4.77. The predicted octanol–water partition coefficient (Wildman–Crippen LogP) is 1.10. The van der Waals surface area contributed by atoms with Crippen molar-refractivity contribution in [2.24, 2.45) is 5.41 Å². The van der Waals surface area contributed by atoms with Gasteiger partial charge >= 0.3 is 0 Å². The van der Waals surface area contributed by atoms with Crippen molar-refractivity contribution in [2.75, 3.05) is 32.8 Å². The van der Waals surface area contributed by atoms with Crippen molar-refractivity contribution in [1.82, 2.24) is 4.90 Å². The minimum absolute atomic E-state index is 0.0140. The average Bonchev–Trinajstić information content (AvgIpc) is 2.17. The Labute approximate surface area is 87.7 Å². The lowest BCUT2D eigenvalue weighted by atomic mass is 9.86. The van der Waals surface area contributed by atoms with E-state index in [4.69, 9.17) is 5.11 Å². The van der Waals surface area contributed by atoms with Crippen LogP contribution >= 0.6 is 0 Å². The zero-order chi connectivity index (χ0) is 11.0. The summed E-state index contributed by atoms with van der Waals surface area (Å²) in [5.74, 6) is 0. The highest BCUT2D eigenvalue weighted by atomic mass is 16.3. The maximum Gasteiger partial charge on any atom is 0.0558 e. The van der Waals surface area contributed by atoms with Crippen LogP contribution in [0.25, 0.3) is 0 Å². The molecule has 0 aromatic carbocycles. The van der Waals surface area contributed by atoms with E-state index in [0.29, 0.717) is 6.54 Å². The summed E-state index contributed by atoms with van der Waals surface area (Å²) in [6.07, 6.45) is 2.12. The molecule has 0 saturated carbocycles. The van der Waals surface area contributed by atoms with Gasteiger partial charge in [-0.3, -0.25) is 0 Å². The molecule has 0 saturated heterocycles. The largest absolute Gasteiger partial charge is 0.396 e. The van der Waals surface area contributed by atoms with E-state index < -0.39 is 0 Å². The highest BCUT2D eigenvalue weighted by Crippen LogP contribution is 2.23. The number of nitrogens with zero attached hydrogens (tertiary/aromatic N) is 1. The van der Waals surface area contributed by atoms with Gasteiger partial charge in [0.1, 0.15) is 0 Å². The quantitative estimate of drug-likeness (QED) is 0.621. The standard InChI is InChI=1S/C11H25NO2/c1-4-6-11(3,10-14)9-12(5-2)7-8-13/h13-14H,4-10H2,1-3H3. The van der Waals surface area contributed by atoms with Crippen LogP contribution in [-0.2, 0) is 0 Å². The molecule has 3 nitrogen and oxygen atoms in total. The topological polar surface area (TPSA) is 43.7 Å². The molecule has 0 aliphatic rings. The van der Waals surface area contributed by atoms with Crippen molar-refractivity contribution in [3.63, 3.8) is 0 Å². The molecule has 2 N–H and O–H groups in total. The lowest BCUT2D eigenvalue weighted by molar-refractivity contribution is 0.0735. The van der Waals surface area contributed by atoms with E-state index in [0.717, 1.165) is 25.9 Å². The molecule has 1 atom stereocenters. The van der Waals surface area contributed by atoms with Crippen molar-refractivity contribution in [3.05, 3.63) is 0 Å². The minimum atomic E-state index is -0.0140. The minimum Gasteiger partial charge on any atom is -0.396 e. The van der Waals surface area contributed by atoms with Crippen LogP contribution in [-0.4, -0.2) is 48.0 Å². The van der Waals surface area contributed by atoms with Crippen LogP contribution in [0.4, 0.5) is 0 Å². The number of aliphatic hydroxyl groups excluding tert-OH is 2. The molecule has 86 valence electrons. The van der Waals surface area contributed by atoms with Gasteiger partial charge in [0.05, 0.1) is 6.61 Å². The van der Waals surface area contributed by atoms with Crippen LogP contribution < -0.4 is 0 Å². The highest BCUT2D eigenvalue weighted by Gasteiger charge is 2.24. The fraction of sp³-hybridized carbons (Fsp3) is 1.00. The van der Waals surface area contributed by atoms with Crippen molar-refractivity contribution >= 4 is 0 Å². The van der Waals surface area contributed by atoms with Crippen molar-refractivity contribution in [2.45, 2.75) is 33.6 Å². The SMILES string of the molecule is CCCC(C)(CO)CN(CC)CCO. The maximum atomic E-state index is 9.34. The van der Waals surface area contributed by atoms with E-state index >= 15 is 0 Å². The van der Waals surface area contributed by atoms with Crippen LogP contribution in [0.1, 0.15) is 33.6 Å². The van der Waals surface area contributed by atoms with E-state index in [-0.39, 0.29) is 18.6 Å². The van der Waals surface area contributed by atoms with Gasteiger partial charge in [-0.15, -0.1) is 0 Å². The summed E-state index contributed by atoms with van der Waals surface area (Å²) in [7, 11) is 0. The smallest absolute Gasteiger partial charge is 0.0558 e. The molecule has 14 heavy (non-hydrogen) atoms. The van der Waals surface area contributed by atoms with E-state index in [1.54, 1.807) is 0 Å². The van der Waals surface area contributed by atoms with Gasteiger partial charge in [-0.2, -0.15) is 0 Å². The average molecular weight is 203 g/mol. The third-order valence-electron chi connectivity index (χ3n) is 2.70.